The first kappa shape index (κ1) is 18.4. The van der Waals surface area contributed by atoms with E-state index in [1.807, 2.05) is 6.08 Å². The molecule has 1 N–H and O–H groups in total. The number of allylic oxidation sites excluding steroid dienone is 1. The normalized spacial score (nSPS) is 52.6. The lowest BCUT2D eigenvalue weighted by Gasteiger charge is -2.57. The van der Waals surface area contributed by atoms with E-state index in [0.717, 1.165) is 19.4 Å². The summed E-state index contributed by atoms with van der Waals surface area (Å²) in [7, 11) is 0. The molecule has 27 heavy (non-hydrogen) atoms. The number of ketones is 1. The molecule has 150 valence electrons. The van der Waals surface area contributed by atoms with Gasteiger partial charge in [-0.15, -0.1) is 0 Å². The van der Waals surface area contributed by atoms with Gasteiger partial charge in [0.05, 0.1) is 12.2 Å². The summed E-state index contributed by atoms with van der Waals surface area (Å²) >= 11 is 0. The van der Waals surface area contributed by atoms with Gasteiger partial charge in [-0.2, -0.15) is 0 Å². The van der Waals surface area contributed by atoms with Crippen molar-refractivity contribution < 1.29 is 14.6 Å². The number of carbonyl (C=O) groups excluding carboxylic acids is 1. The molecule has 0 aromatic heterocycles. The summed E-state index contributed by atoms with van der Waals surface area (Å²) < 4.78 is 6.23. The quantitative estimate of drug-likeness (QED) is 0.727. The molecule has 8 atom stereocenters. The van der Waals surface area contributed by atoms with Crippen molar-refractivity contribution in [3.05, 3.63) is 11.6 Å². The van der Waals surface area contributed by atoms with Gasteiger partial charge in [0.25, 0.3) is 0 Å². The number of hydrogen-bond acceptors (Lipinski definition) is 3. The van der Waals surface area contributed by atoms with Crippen LogP contribution in [0.15, 0.2) is 11.6 Å². The fourth-order valence-corrected chi connectivity index (χ4v) is 8.12. The largest absolute Gasteiger partial charge is 0.393 e. The highest BCUT2D eigenvalue weighted by molar-refractivity contribution is 5.94. The van der Waals surface area contributed by atoms with Crippen molar-refractivity contribution in [3.8, 4) is 0 Å². The van der Waals surface area contributed by atoms with E-state index in [4.69, 9.17) is 4.74 Å². The van der Waals surface area contributed by atoms with Crippen LogP contribution < -0.4 is 0 Å². The van der Waals surface area contributed by atoms with Crippen LogP contribution in [0.5, 0.6) is 0 Å². The van der Waals surface area contributed by atoms with E-state index < -0.39 is 0 Å². The van der Waals surface area contributed by atoms with Crippen LogP contribution in [0.3, 0.4) is 0 Å². The molecule has 0 aromatic rings. The molecule has 5 aliphatic rings. The van der Waals surface area contributed by atoms with E-state index in [2.05, 4.69) is 13.8 Å². The lowest BCUT2D eigenvalue weighted by atomic mass is 9.47. The molecule has 1 saturated heterocycles. The Morgan fingerprint density at radius 2 is 1.81 bits per heavy atom. The van der Waals surface area contributed by atoms with E-state index >= 15 is 0 Å². The van der Waals surface area contributed by atoms with E-state index in [9.17, 15) is 9.90 Å². The first-order valence-corrected chi connectivity index (χ1v) is 11.5. The number of ether oxygens (including phenoxy) is 1. The summed E-state index contributed by atoms with van der Waals surface area (Å²) in [6, 6.07) is 0. The van der Waals surface area contributed by atoms with Gasteiger partial charge in [0.15, 0.2) is 5.78 Å². The van der Waals surface area contributed by atoms with Crippen LogP contribution in [-0.2, 0) is 9.53 Å². The molecule has 0 bridgehead atoms. The highest BCUT2D eigenvalue weighted by Crippen LogP contribution is 2.66. The molecular formula is C24H36O3. The fraction of sp³-hybridized carbons (Fsp3) is 0.875. The van der Waals surface area contributed by atoms with E-state index in [-0.39, 0.29) is 22.9 Å². The molecule has 4 unspecified atom stereocenters. The predicted molar refractivity (Wildman–Crippen MR) is 105 cm³/mol. The van der Waals surface area contributed by atoms with Crippen LogP contribution in [-0.4, -0.2) is 29.7 Å². The minimum absolute atomic E-state index is 0.137. The summed E-state index contributed by atoms with van der Waals surface area (Å²) in [6.07, 6.45) is 13.4. The topological polar surface area (TPSA) is 46.5 Å². The average molecular weight is 373 g/mol. The number of aliphatic hydroxyl groups is 1. The number of aliphatic hydroxyl groups excluding tert-OH is 1. The molecular weight excluding hydrogens is 336 g/mol. The van der Waals surface area contributed by atoms with Crippen LogP contribution >= 0.6 is 0 Å². The Bertz CT molecular complexity index is 648. The Morgan fingerprint density at radius 3 is 2.59 bits per heavy atom. The minimum Gasteiger partial charge on any atom is -0.393 e. The number of carbonyl (C=O) groups is 1. The van der Waals surface area contributed by atoms with Gasteiger partial charge in [-0.05, 0) is 98.9 Å². The Balaban J connectivity index is 1.46. The molecule has 3 nitrogen and oxygen atoms in total. The summed E-state index contributed by atoms with van der Waals surface area (Å²) in [6.45, 7) is 5.82. The molecule has 1 aliphatic heterocycles. The zero-order valence-corrected chi connectivity index (χ0v) is 17.1. The van der Waals surface area contributed by atoms with Crippen LogP contribution in [0.2, 0.25) is 0 Å². The molecule has 0 radical (unpaired) electrons. The van der Waals surface area contributed by atoms with Crippen molar-refractivity contribution >= 4 is 5.78 Å². The molecule has 0 amide bonds. The summed E-state index contributed by atoms with van der Waals surface area (Å²) in [5.74, 6) is 2.24. The number of hydrogen-bond donors (Lipinski definition) is 1. The third-order valence-corrected chi connectivity index (χ3v) is 9.66. The van der Waals surface area contributed by atoms with E-state index in [1.54, 1.807) is 0 Å². The molecule has 4 aliphatic carbocycles. The van der Waals surface area contributed by atoms with Crippen LogP contribution in [0, 0.1) is 34.5 Å². The minimum atomic E-state index is -0.248. The monoisotopic (exact) mass is 372 g/mol. The van der Waals surface area contributed by atoms with Gasteiger partial charge in [-0.25, -0.2) is 0 Å². The molecule has 0 aromatic carbocycles. The van der Waals surface area contributed by atoms with E-state index in [0.29, 0.717) is 36.1 Å². The lowest BCUT2D eigenvalue weighted by molar-refractivity contribution is -0.138. The zero-order valence-electron chi connectivity index (χ0n) is 17.1. The van der Waals surface area contributed by atoms with Gasteiger partial charge in [0.2, 0.25) is 0 Å². The first-order chi connectivity index (χ1) is 12.9. The van der Waals surface area contributed by atoms with Gasteiger partial charge >= 0.3 is 0 Å². The number of rotatable bonds is 1. The van der Waals surface area contributed by atoms with E-state index in [1.165, 1.54) is 50.5 Å². The Morgan fingerprint density at radius 1 is 1.00 bits per heavy atom. The van der Waals surface area contributed by atoms with Crippen LogP contribution in [0.1, 0.15) is 78.1 Å². The lowest BCUT2D eigenvalue weighted by Crippen LogP contribution is -2.54. The highest BCUT2D eigenvalue weighted by Gasteiger charge is 2.61. The Hall–Kier alpha value is -0.670. The average Bonchev–Trinajstić information content (AvgIpc) is 3.01. The van der Waals surface area contributed by atoms with Crippen LogP contribution in [0.4, 0.5) is 0 Å². The predicted octanol–water partition coefficient (Wildman–Crippen LogP) is 4.67. The fourth-order valence-electron chi connectivity index (χ4n) is 8.12. The molecule has 0 spiro atoms. The van der Waals surface area contributed by atoms with Crippen molar-refractivity contribution in [2.75, 3.05) is 6.61 Å². The first-order valence-electron chi connectivity index (χ1n) is 11.5. The molecule has 5 rings (SSSR count). The SMILES string of the molecule is C[C@]12CC[C@H](O)CC1=CC(=O)C1C2CC[C@@]2(C)C1CC[C@@H]2C1CCCCO1. The third kappa shape index (κ3) is 2.64. The second kappa shape index (κ2) is 6.42. The van der Waals surface area contributed by atoms with Gasteiger partial charge in [-0.3, -0.25) is 4.79 Å². The molecule has 1 heterocycles. The maximum absolute atomic E-state index is 13.3. The summed E-state index contributed by atoms with van der Waals surface area (Å²) in [4.78, 5) is 13.3. The maximum atomic E-state index is 13.3. The van der Waals surface area contributed by atoms with Crippen LogP contribution in [0.25, 0.3) is 0 Å². The van der Waals surface area contributed by atoms with Crippen molar-refractivity contribution in [2.45, 2.75) is 90.3 Å². The van der Waals surface area contributed by atoms with Gasteiger partial charge < -0.3 is 9.84 Å². The Labute approximate surface area is 163 Å². The highest BCUT2D eigenvalue weighted by atomic mass is 16.5. The standard InChI is InChI=1S/C24H36O3/c1-23-10-8-16(25)13-15(23)14-20(26)22-18-7-6-17(21-5-3-4-12-27-21)24(18,2)11-9-19(22)23/h14,16-19,21-22,25H,3-13H2,1-2H3/t16-,17+,18?,19?,21?,22?,23-,24+/m0/s1. The van der Waals surface area contributed by atoms with Crippen molar-refractivity contribution in [1.29, 1.82) is 0 Å². The number of fused-ring (bicyclic) bond motifs is 5. The second-order valence-electron chi connectivity index (χ2n) is 10.8. The van der Waals surface area contributed by atoms with Gasteiger partial charge in [-0.1, -0.05) is 19.4 Å². The molecule has 4 fully saturated rings. The van der Waals surface area contributed by atoms with Crippen molar-refractivity contribution in [3.63, 3.8) is 0 Å². The molecule has 3 heteroatoms. The van der Waals surface area contributed by atoms with Gasteiger partial charge in [0, 0.05) is 12.5 Å². The third-order valence-electron chi connectivity index (χ3n) is 9.66. The second-order valence-corrected chi connectivity index (χ2v) is 10.8. The zero-order chi connectivity index (χ0) is 18.8. The molecule has 3 saturated carbocycles. The summed E-state index contributed by atoms with van der Waals surface area (Å²) in [5.41, 5.74) is 1.66. The maximum Gasteiger partial charge on any atom is 0.159 e. The van der Waals surface area contributed by atoms with Crippen molar-refractivity contribution in [1.82, 2.24) is 0 Å². The van der Waals surface area contributed by atoms with Gasteiger partial charge in [0.1, 0.15) is 0 Å². The summed E-state index contributed by atoms with van der Waals surface area (Å²) in [5, 5.41) is 10.1. The smallest absolute Gasteiger partial charge is 0.159 e. The Kier molecular flexibility index (Phi) is 4.37. The van der Waals surface area contributed by atoms with Crippen molar-refractivity contribution in [2.24, 2.45) is 34.5 Å².